The molecule has 3 nitrogen and oxygen atoms in total. The number of hydrogen-bond acceptors (Lipinski definition) is 1. The van der Waals surface area contributed by atoms with Crippen LogP contribution in [0.25, 0.3) is 22.8 Å². The molecule has 2 aromatic heterocycles. The van der Waals surface area contributed by atoms with Gasteiger partial charge in [-0.25, -0.2) is 9.37 Å². The van der Waals surface area contributed by atoms with E-state index in [1.54, 1.807) is 6.08 Å². The second-order valence-electron chi connectivity index (χ2n) is 6.98. The van der Waals surface area contributed by atoms with E-state index < -0.39 is 0 Å². The van der Waals surface area contributed by atoms with Crippen molar-refractivity contribution in [1.29, 1.82) is 0 Å². The second-order valence-corrected chi connectivity index (χ2v) is 7.89. The Morgan fingerprint density at radius 3 is 2.96 bits per heavy atom. The smallest absolute Gasteiger partial charge is 0.161 e. The van der Waals surface area contributed by atoms with Crippen LogP contribution >= 0.6 is 15.9 Å². The van der Waals surface area contributed by atoms with Crippen molar-refractivity contribution in [2.45, 2.75) is 19.9 Å². The Balaban J connectivity index is 1.69. The average molecular weight is 410 g/mol. The number of rotatable bonds is 1. The van der Waals surface area contributed by atoms with E-state index in [2.05, 4.69) is 67.4 Å². The van der Waals surface area contributed by atoms with Gasteiger partial charge in [-0.3, -0.25) is 4.57 Å². The van der Waals surface area contributed by atoms with Crippen molar-refractivity contribution in [3.05, 3.63) is 76.4 Å². The predicted octanol–water partition coefficient (Wildman–Crippen LogP) is 5.74. The lowest BCUT2D eigenvalue weighted by Crippen LogP contribution is -2.03. The fraction of sp³-hybridized carbons (Fsp3) is 0.190. The quantitative estimate of drug-likeness (QED) is 0.392. The van der Waals surface area contributed by atoms with Gasteiger partial charge in [0.1, 0.15) is 5.83 Å². The molecule has 1 unspecified atom stereocenters. The first kappa shape index (κ1) is 15.8. The Kier molecular flexibility index (Phi) is 3.54. The van der Waals surface area contributed by atoms with E-state index in [1.165, 1.54) is 11.1 Å². The summed E-state index contributed by atoms with van der Waals surface area (Å²) in [5.41, 5.74) is 5.79. The lowest BCUT2D eigenvalue weighted by atomic mass is 9.89. The molecule has 1 aromatic carbocycles. The molecule has 0 N–H and O–H groups in total. The van der Waals surface area contributed by atoms with Crippen LogP contribution in [-0.4, -0.2) is 14.1 Å². The minimum absolute atomic E-state index is 0.0451. The van der Waals surface area contributed by atoms with Crippen LogP contribution in [0, 0.1) is 5.92 Å². The van der Waals surface area contributed by atoms with Crippen molar-refractivity contribution in [2.24, 2.45) is 5.92 Å². The molecule has 3 heterocycles. The van der Waals surface area contributed by atoms with Crippen LogP contribution in [0.15, 0.2) is 65.3 Å². The van der Waals surface area contributed by atoms with Crippen molar-refractivity contribution in [3.63, 3.8) is 0 Å². The molecule has 5 heteroatoms. The Morgan fingerprint density at radius 1 is 1.23 bits per heavy atom. The molecule has 2 aliphatic rings. The Morgan fingerprint density at radius 2 is 2.12 bits per heavy atom. The molecule has 0 radical (unpaired) electrons. The highest BCUT2D eigenvalue weighted by Crippen LogP contribution is 2.37. The standard InChI is InChI=1S/C21H17BrFN3/c1-13-8-17(23)3-4-18(13)14-10-20-21-24-6-7-26(21)19-5-2-16(22)9-15(19)12-25(20)11-14/h2-7,9-11,13H,8,12H2,1H3. The summed E-state index contributed by atoms with van der Waals surface area (Å²) in [6.45, 7) is 2.86. The summed E-state index contributed by atoms with van der Waals surface area (Å²) in [6.07, 6.45) is 9.98. The van der Waals surface area contributed by atoms with E-state index in [4.69, 9.17) is 0 Å². The second kappa shape index (κ2) is 5.81. The number of imidazole rings is 1. The summed E-state index contributed by atoms with van der Waals surface area (Å²) in [5, 5.41) is 0. The average Bonchev–Trinajstić information content (AvgIpc) is 3.20. The largest absolute Gasteiger partial charge is 0.340 e. The Labute approximate surface area is 159 Å². The maximum Gasteiger partial charge on any atom is 0.161 e. The highest BCUT2D eigenvalue weighted by atomic mass is 79.9. The number of allylic oxidation sites excluding steroid dienone is 4. The Hall–Kier alpha value is -2.40. The molecular weight excluding hydrogens is 393 g/mol. The number of halogens is 2. The molecule has 0 fully saturated rings. The number of hydrogen-bond donors (Lipinski definition) is 0. The van der Waals surface area contributed by atoms with Crippen LogP contribution in [0.5, 0.6) is 0 Å². The topological polar surface area (TPSA) is 22.8 Å². The first-order valence-electron chi connectivity index (χ1n) is 8.69. The van der Waals surface area contributed by atoms with E-state index in [-0.39, 0.29) is 11.7 Å². The maximum atomic E-state index is 13.6. The summed E-state index contributed by atoms with van der Waals surface area (Å²) in [5.74, 6) is 1.06. The zero-order valence-electron chi connectivity index (χ0n) is 14.3. The van der Waals surface area contributed by atoms with Crippen LogP contribution < -0.4 is 0 Å². The molecule has 0 saturated heterocycles. The summed E-state index contributed by atoms with van der Waals surface area (Å²) < 4.78 is 19.0. The minimum atomic E-state index is -0.0451. The molecule has 0 spiro atoms. The summed E-state index contributed by atoms with van der Waals surface area (Å²) in [6, 6.07) is 8.52. The monoisotopic (exact) mass is 409 g/mol. The predicted molar refractivity (Wildman–Crippen MR) is 105 cm³/mol. The first-order chi connectivity index (χ1) is 12.6. The molecule has 0 bridgehead atoms. The van der Waals surface area contributed by atoms with Gasteiger partial charge in [0, 0.05) is 36.0 Å². The molecule has 1 atom stereocenters. The molecule has 0 amide bonds. The fourth-order valence-corrected chi connectivity index (χ4v) is 4.38. The van der Waals surface area contributed by atoms with Crippen molar-refractivity contribution in [2.75, 3.05) is 0 Å². The van der Waals surface area contributed by atoms with Gasteiger partial charge in [-0.15, -0.1) is 0 Å². The molecule has 130 valence electrons. The van der Waals surface area contributed by atoms with Crippen LogP contribution in [0.1, 0.15) is 24.5 Å². The van der Waals surface area contributed by atoms with E-state index in [0.29, 0.717) is 6.42 Å². The summed E-state index contributed by atoms with van der Waals surface area (Å²) in [4.78, 5) is 4.61. The number of nitrogens with zero attached hydrogens (tertiary/aromatic N) is 3. The van der Waals surface area contributed by atoms with Gasteiger partial charge in [-0.05, 0) is 53.0 Å². The lowest BCUT2D eigenvalue weighted by molar-refractivity contribution is 0.542. The third-order valence-electron chi connectivity index (χ3n) is 5.22. The highest BCUT2D eigenvalue weighted by molar-refractivity contribution is 9.10. The Bertz CT molecular complexity index is 1090. The van der Waals surface area contributed by atoms with Crippen LogP contribution in [0.3, 0.4) is 0 Å². The zero-order chi connectivity index (χ0) is 17.8. The summed E-state index contributed by atoms with van der Waals surface area (Å²) in [7, 11) is 0. The molecule has 0 saturated carbocycles. The van der Waals surface area contributed by atoms with Crippen molar-refractivity contribution >= 4 is 21.5 Å². The van der Waals surface area contributed by atoms with Gasteiger partial charge in [0.25, 0.3) is 0 Å². The van der Waals surface area contributed by atoms with Gasteiger partial charge >= 0.3 is 0 Å². The summed E-state index contributed by atoms with van der Waals surface area (Å²) >= 11 is 3.58. The van der Waals surface area contributed by atoms with Gasteiger partial charge in [0.15, 0.2) is 5.82 Å². The third kappa shape index (κ3) is 2.42. The number of benzene rings is 1. The third-order valence-corrected chi connectivity index (χ3v) is 5.71. The molecule has 3 aromatic rings. The molecule has 26 heavy (non-hydrogen) atoms. The maximum absolute atomic E-state index is 13.6. The molecule has 1 aliphatic carbocycles. The first-order valence-corrected chi connectivity index (χ1v) is 9.49. The van der Waals surface area contributed by atoms with Gasteiger partial charge < -0.3 is 4.57 Å². The van der Waals surface area contributed by atoms with Gasteiger partial charge in [-0.1, -0.05) is 28.9 Å². The van der Waals surface area contributed by atoms with E-state index in [1.807, 2.05) is 18.5 Å². The normalized spacial score (nSPS) is 18.3. The van der Waals surface area contributed by atoms with Crippen molar-refractivity contribution < 1.29 is 4.39 Å². The van der Waals surface area contributed by atoms with Crippen LogP contribution in [0.2, 0.25) is 0 Å². The van der Waals surface area contributed by atoms with E-state index >= 15 is 0 Å². The number of aromatic nitrogens is 3. The molecular formula is C21H17BrFN3. The molecule has 5 rings (SSSR count). The lowest BCUT2D eigenvalue weighted by Gasteiger charge is -2.17. The minimum Gasteiger partial charge on any atom is -0.340 e. The van der Waals surface area contributed by atoms with Crippen LogP contribution in [-0.2, 0) is 6.54 Å². The highest BCUT2D eigenvalue weighted by Gasteiger charge is 2.24. The molecule has 1 aliphatic heterocycles. The van der Waals surface area contributed by atoms with Crippen molar-refractivity contribution in [3.8, 4) is 17.2 Å². The number of fused-ring (bicyclic) bond motifs is 5. The van der Waals surface area contributed by atoms with Crippen molar-refractivity contribution in [1.82, 2.24) is 14.1 Å². The van der Waals surface area contributed by atoms with Gasteiger partial charge in [-0.2, -0.15) is 0 Å². The van der Waals surface area contributed by atoms with E-state index in [9.17, 15) is 4.39 Å². The fourth-order valence-electron chi connectivity index (χ4n) is 3.97. The van der Waals surface area contributed by atoms with Gasteiger partial charge in [0.2, 0.25) is 0 Å². The zero-order valence-corrected chi connectivity index (χ0v) is 15.9. The van der Waals surface area contributed by atoms with Crippen LogP contribution in [0.4, 0.5) is 4.39 Å². The van der Waals surface area contributed by atoms with E-state index in [0.717, 1.165) is 33.8 Å². The van der Waals surface area contributed by atoms with Gasteiger partial charge in [0.05, 0.1) is 11.4 Å². The SMILES string of the molecule is CC1CC(F)=CC=C1c1cc2n(c1)Cc1cc(Br)ccc1-n1ccnc1-2.